The van der Waals surface area contributed by atoms with Crippen LogP contribution in [-0.2, 0) is 11.3 Å². The maximum Gasteiger partial charge on any atom is 0.345 e. The summed E-state index contributed by atoms with van der Waals surface area (Å²) < 4.78 is 0. The molecule has 4 nitrogen and oxygen atoms in total. The first kappa shape index (κ1) is 15.0. The van der Waals surface area contributed by atoms with E-state index in [1.54, 1.807) is 6.07 Å². The van der Waals surface area contributed by atoms with E-state index < -0.39 is 5.97 Å². The van der Waals surface area contributed by atoms with Gasteiger partial charge in [0, 0.05) is 24.4 Å². The number of thiophene rings is 1. The van der Waals surface area contributed by atoms with Gasteiger partial charge in [0.15, 0.2) is 0 Å². The van der Waals surface area contributed by atoms with E-state index in [0.29, 0.717) is 17.8 Å². The average molecular weight is 295 g/mol. The Labute approximate surface area is 123 Å². The molecule has 1 aromatic heterocycles. The molecule has 1 N–H and O–H groups in total. The molecule has 1 saturated heterocycles. The Kier molecular flexibility index (Phi) is 4.18. The third-order valence-electron chi connectivity index (χ3n) is 4.02. The predicted molar refractivity (Wildman–Crippen MR) is 79.1 cm³/mol. The molecule has 0 radical (unpaired) electrons. The quantitative estimate of drug-likeness (QED) is 0.931. The first-order valence-corrected chi connectivity index (χ1v) is 7.70. The van der Waals surface area contributed by atoms with Crippen molar-refractivity contribution in [1.29, 1.82) is 0 Å². The van der Waals surface area contributed by atoms with E-state index in [1.165, 1.54) is 11.3 Å². The maximum absolute atomic E-state index is 12.2. The highest BCUT2D eigenvalue weighted by molar-refractivity contribution is 7.14. The van der Waals surface area contributed by atoms with Gasteiger partial charge in [0.2, 0.25) is 5.91 Å². The van der Waals surface area contributed by atoms with Crippen LogP contribution >= 0.6 is 11.3 Å². The first-order valence-electron chi connectivity index (χ1n) is 6.89. The molecule has 2 rings (SSSR count). The minimum Gasteiger partial charge on any atom is -0.477 e. The van der Waals surface area contributed by atoms with E-state index in [2.05, 4.69) is 13.8 Å². The third-order valence-corrected chi connectivity index (χ3v) is 5.10. The van der Waals surface area contributed by atoms with Crippen LogP contribution in [0.2, 0.25) is 0 Å². The zero-order chi connectivity index (χ0) is 14.9. The molecule has 0 aliphatic carbocycles. The molecule has 0 unspecified atom stereocenters. The standard InChI is InChI=1S/C15H21NO3S/c1-10-11(8-12(20-10)14(18)19)9-16-7-6-15(2,3)5-4-13(16)17/h8H,4-7,9H2,1-3H3,(H,18,19). The van der Waals surface area contributed by atoms with Crippen LogP contribution in [0, 0.1) is 12.3 Å². The van der Waals surface area contributed by atoms with E-state index in [1.807, 2.05) is 11.8 Å². The Hall–Kier alpha value is -1.36. The van der Waals surface area contributed by atoms with Gasteiger partial charge in [0.1, 0.15) is 4.88 Å². The van der Waals surface area contributed by atoms with E-state index in [4.69, 9.17) is 5.11 Å². The number of nitrogens with zero attached hydrogens (tertiary/aromatic N) is 1. The monoisotopic (exact) mass is 295 g/mol. The molecule has 110 valence electrons. The SMILES string of the molecule is Cc1sc(C(=O)O)cc1CN1CCC(C)(C)CCC1=O. The largest absolute Gasteiger partial charge is 0.477 e. The van der Waals surface area contributed by atoms with Crippen molar-refractivity contribution < 1.29 is 14.7 Å². The summed E-state index contributed by atoms with van der Waals surface area (Å²) in [5.74, 6) is -0.717. The van der Waals surface area contributed by atoms with Gasteiger partial charge in [-0.2, -0.15) is 0 Å². The van der Waals surface area contributed by atoms with Crippen LogP contribution in [0.4, 0.5) is 0 Å². The van der Waals surface area contributed by atoms with E-state index in [0.717, 1.165) is 29.8 Å². The molecule has 1 aliphatic heterocycles. The highest BCUT2D eigenvalue weighted by Gasteiger charge is 2.27. The van der Waals surface area contributed by atoms with Crippen molar-refractivity contribution in [2.24, 2.45) is 5.41 Å². The fraction of sp³-hybridized carbons (Fsp3) is 0.600. The van der Waals surface area contributed by atoms with Crippen LogP contribution in [0.3, 0.4) is 0 Å². The molecular formula is C15H21NO3S. The van der Waals surface area contributed by atoms with Crippen molar-refractivity contribution in [1.82, 2.24) is 4.90 Å². The zero-order valence-electron chi connectivity index (χ0n) is 12.2. The molecule has 0 bridgehead atoms. The van der Waals surface area contributed by atoms with Crippen molar-refractivity contribution in [3.63, 3.8) is 0 Å². The summed E-state index contributed by atoms with van der Waals surface area (Å²) in [4.78, 5) is 26.4. The van der Waals surface area contributed by atoms with Gasteiger partial charge in [-0.05, 0) is 36.8 Å². The van der Waals surface area contributed by atoms with Crippen molar-refractivity contribution >= 4 is 23.2 Å². The van der Waals surface area contributed by atoms with Crippen molar-refractivity contribution in [3.05, 3.63) is 21.4 Å². The van der Waals surface area contributed by atoms with Gasteiger partial charge in [-0.1, -0.05) is 13.8 Å². The van der Waals surface area contributed by atoms with Crippen LogP contribution in [0.15, 0.2) is 6.07 Å². The molecular weight excluding hydrogens is 274 g/mol. The smallest absolute Gasteiger partial charge is 0.345 e. The molecule has 20 heavy (non-hydrogen) atoms. The highest BCUT2D eigenvalue weighted by Crippen LogP contribution is 2.31. The van der Waals surface area contributed by atoms with Gasteiger partial charge in [0.25, 0.3) is 0 Å². The number of carboxylic acid groups (broad SMARTS) is 1. The third kappa shape index (κ3) is 3.39. The Bertz CT molecular complexity index is 533. The lowest BCUT2D eigenvalue weighted by molar-refractivity contribution is -0.131. The molecule has 1 amide bonds. The minimum atomic E-state index is -0.896. The van der Waals surface area contributed by atoms with Gasteiger partial charge in [0.05, 0.1) is 0 Å². The lowest BCUT2D eigenvalue weighted by Gasteiger charge is -2.23. The highest BCUT2D eigenvalue weighted by atomic mass is 32.1. The molecule has 1 fully saturated rings. The fourth-order valence-electron chi connectivity index (χ4n) is 2.45. The maximum atomic E-state index is 12.2. The Morgan fingerprint density at radius 2 is 2.15 bits per heavy atom. The number of carboxylic acids is 1. The molecule has 2 heterocycles. The zero-order valence-corrected chi connectivity index (χ0v) is 13.0. The molecule has 1 aliphatic rings. The molecule has 0 spiro atoms. The normalized spacial score (nSPS) is 18.9. The lowest BCUT2D eigenvalue weighted by Crippen LogP contribution is -2.30. The average Bonchev–Trinajstić information content (AvgIpc) is 2.67. The summed E-state index contributed by atoms with van der Waals surface area (Å²) in [5, 5.41) is 9.02. The predicted octanol–water partition coefficient (Wildman–Crippen LogP) is 3.29. The van der Waals surface area contributed by atoms with Crippen molar-refractivity contribution in [2.45, 2.75) is 46.6 Å². The Balaban J connectivity index is 2.12. The van der Waals surface area contributed by atoms with Crippen LogP contribution in [0.25, 0.3) is 0 Å². The van der Waals surface area contributed by atoms with E-state index in [-0.39, 0.29) is 11.3 Å². The summed E-state index contributed by atoms with van der Waals surface area (Å²) in [6, 6.07) is 1.70. The first-order chi connectivity index (χ1) is 9.28. The number of amides is 1. The number of likely N-dealkylation sites (tertiary alicyclic amines) is 1. The lowest BCUT2D eigenvalue weighted by atomic mass is 9.85. The second-order valence-corrected chi connectivity index (χ2v) is 7.48. The number of rotatable bonds is 3. The van der Waals surface area contributed by atoms with Gasteiger partial charge in [-0.15, -0.1) is 11.3 Å². The molecule has 5 heteroatoms. The number of hydrogen-bond acceptors (Lipinski definition) is 3. The summed E-state index contributed by atoms with van der Waals surface area (Å²) in [6.45, 7) is 7.59. The van der Waals surface area contributed by atoms with Crippen molar-refractivity contribution in [3.8, 4) is 0 Å². The Morgan fingerprint density at radius 3 is 2.75 bits per heavy atom. The van der Waals surface area contributed by atoms with E-state index in [9.17, 15) is 9.59 Å². The van der Waals surface area contributed by atoms with E-state index >= 15 is 0 Å². The van der Waals surface area contributed by atoms with Gasteiger partial charge in [-0.3, -0.25) is 4.79 Å². The van der Waals surface area contributed by atoms with Gasteiger partial charge >= 0.3 is 5.97 Å². The van der Waals surface area contributed by atoms with Crippen LogP contribution in [0.5, 0.6) is 0 Å². The van der Waals surface area contributed by atoms with Gasteiger partial charge in [-0.25, -0.2) is 4.79 Å². The number of carbonyl (C=O) groups excluding carboxylic acids is 1. The topological polar surface area (TPSA) is 57.6 Å². The second-order valence-electron chi connectivity index (χ2n) is 6.23. The van der Waals surface area contributed by atoms with Crippen LogP contribution in [0.1, 0.15) is 53.2 Å². The molecule has 0 saturated carbocycles. The van der Waals surface area contributed by atoms with Crippen molar-refractivity contribution in [2.75, 3.05) is 6.54 Å². The summed E-state index contributed by atoms with van der Waals surface area (Å²) in [5.41, 5.74) is 1.17. The van der Waals surface area contributed by atoms with Gasteiger partial charge < -0.3 is 10.0 Å². The number of aromatic carboxylic acids is 1. The number of hydrogen-bond donors (Lipinski definition) is 1. The summed E-state index contributed by atoms with van der Waals surface area (Å²) in [7, 11) is 0. The molecule has 0 atom stereocenters. The minimum absolute atomic E-state index is 0.179. The Morgan fingerprint density at radius 1 is 1.45 bits per heavy atom. The molecule has 0 aromatic carbocycles. The fourth-order valence-corrected chi connectivity index (χ4v) is 3.32. The number of carbonyl (C=O) groups is 2. The second kappa shape index (κ2) is 5.56. The number of aryl methyl sites for hydroxylation is 1. The summed E-state index contributed by atoms with van der Waals surface area (Å²) >= 11 is 1.28. The van der Waals surface area contributed by atoms with Crippen LogP contribution in [-0.4, -0.2) is 28.4 Å². The van der Waals surface area contributed by atoms with Crippen LogP contribution < -0.4 is 0 Å². The summed E-state index contributed by atoms with van der Waals surface area (Å²) in [6.07, 6.45) is 2.50. The molecule has 1 aromatic rings.